The zero-order valence-corrected chi connectivity index (χ0v) is 21.6. The highest BCUT2D eigenvalue weighted by atomic mass is 16.3. The Hall–Kier alpha value is -0.300. The van der Waals surface area contributed by atoms with E-state index >= 15 is 0 Å². The number of aliphatic hydroxyl groups is 1. The maximum atomic E-state index is 9.45. The first-order chi connectivity index (χ1) is 14.7. The molecular weight excluding hydrogens is 376 g/mol. The molecule has 0 bridgehead atoms. The van der Waals surface area contributed by atoms with Gasteiger partial charge in [-0.15, -0.1) is 0 Å². The number of allylic oxidation sites excluding steroid dienone is 2. The molecule has 0 radical (unpaired) electrons. The minimum absolute atomic E-state index is 0.312. The van der Waals surface area contributed by atoms with Crippen LogP contribution in [0.2, 0.25) is 0 Å². The molecule has 4 aliphatic rings. The zero-order valence-electron chi connectivity index (χ0n) is 21.6. The molecule has 4 rings (SSSR count). The molecule has 10 atom stereocenters. The Morgan fingerprint density at radius 2 is 1.55 bits per heavy atom. The van der Waals surface area contributed by atoms with Gasteiger partial charge in [0.2, 0.25) is 0 Å². The molecule has 178 valence electrons. The van der Waals surface area contributed by atoms with Gasteiger partial charge < -0.3 is 5.11 Å². The number of rotatable bonds is 6. The van der Waals surface area contributed by atoms with E-state index in [4.69, 9.17) is 0 Å². The van der Waals surface area contributed by atoms with Gasteiger partial charge in [-0.3, -0.25) is 0 Å². The van der Waals surface area contributed by atoms with Gasteiger partial charge in [-0.2, -0.15) is 0 Å². The molecule has 4 aliphatic carbocycles. The summed E-state index contributed by atoms with van der Waals surface area (Å²) >= 11 is 0. The molecule has 1 nitrogen and oxygen atoms in total. The van der Waals surface area contributed by atoms with Gasteiger partial charge >= 0.3 is 0 Å². The van der Waals surface area contributed by atoms with Gasteiger partial charge in [0.05, 0.1) is 0 Å². The standard InChI is InChI=1S/C30H52O/c1-20(2)23(16-19-31)10-9-22(4)26-13-14-27-24-11-12-25-21(3)8-7-17-29(25,5)28(24)15-18-30(26,27)6/h9-10,20-28,31H,7-8,11-19H2,1-6H3/t21-,22-,23+,24+,25?,26-,27+,28+,29+,30-/m1/s1. The molecule has 1 N–H and O–H groups in total. The Morgan fingerprint density at radius 1 is 0.839 bits per heavy atom. The average molecular weight is 429 g/mol. The van der Waals surface area contributed by atoms with Crippen molar-refractivity contribution in [3.63, 3.8) is 0 Å². The van der Waals surface area contributed by atoms with Crippen LogP contribution in [-0.4, -0.2) is 11.7 Å². The third-order valence-corrected chi connectivity index (χ3v) is 11.7. The van der Waals surface area contributed by atoms with E-state index in [0.717, 1.165) is 41.9 Å². The Kier molecular flexibility index (Phi) is 7.04. The minimum Gasteiger partial charge on any atom is -0.396 e. The first-order valence-corrected chi connectivity index (χ1v) is 14.0. The molecule has 0 amide bonds. The van der Waals surface area contributed by atoms with Crippen LogP contribution in [0.5, 0.6) is 0 Å². The Morgan fingerprint density at radius 3 is 2.26 bits per heavy atom. The quantitative estimate of drug-likeness (QED) is 0.423. The van der Waals surface area contributed by atoms with Gasteiger partial charge in [0.1, 0.15) is 0 Å². The smallest absolute Gasteiger partial charge is 0.0436 e. The fourth-order valence-corrected chi connectivity index (χ4v) is 9.95. The lowest BCUT2D eigenvalue weighted by Crippen LogP contribution is -2.54. The average Bonchev–Trinajstić information content (AvgIpc) is 3.08. The molecule has 1 unspecified atom stereocenters. The van der Waals surface area contributed by atoms with E-state index in [1.165, 1.54) is 57.8 Å². The monoisotopic (exact) mass is 428 g/mol. The van der Waals surface area contributed by atoms with E-state index in [1.54, 1.807) is 0 Å². The highest BCUT2D eigenvalue weighted by Crippen LogP contribution is 2.68. The van der Waals surface area contributed by atoms with Crippen molar-refractivity contribution in [3.05, 3.63) is 12.2 Å². The normalized spacial score (nSPS) is 47.1. The fourth-order valence-electron chi connectivity index (χ4n) is 9.95. The number of hydrogen-bond donors (Lipinski definition) is 1. The van der Waals surface area contributed by atoms with Crippen LogP contribution in [-0.2, 0) is 0 Å². The Bertz CT molecular complexity index is 636. The van der Waals surface area contributed by atoms with Gasteiger partial charge in [0.25, 0.3) is 0 Å². The Labute approximate surface area is 193 Å². The van der Waals surface area contributed by atoms with Crippen LogP contribution in [0.1, 0.15) is 106 Å². The SMILES string of the molecule is CC(C)[C@@H](C=C[C@@H](C)[C@H]1CC[C@H]2[C@@H]3CCC4[C@H](C)CCC[C@]4(C)[C@H]3CC[C@]12C)CCO. The molecule has 31 heavy (non-hydrogen) atoms. The predicted molar refractivity (Wildman–Crippen MR) is 133 cm³/mol. The summed E-state index contributed by atoms with van der Waals surface area (Å²) in [6, 6.07) is 0. The van der Waals surface area contributed by atoms with E-state index in [9.17, 15) is 5.11 Å². The highest BCUT2D eigenvalue weighted by Gasteiger charge is 2.60. The summed E-state index contributed by atoms with van der Waals surface area (Å²) < 4.78 is 0. The van der Waals surface area contributed by atoms with E-state index in [0.29, 0.717) is 35.2 Å². The topological polar surface area (TPSA) is 20.2 Å². The summed E-state index contributed by atoms with van der Waals surface area (Å²) in [4.78, 5) is 0. The summed E-state index contributed by atoms with van der Waals surface area (Å²) in [6.07, 6.45) is 19.3. The van der Waals surface area contributed by atoms with Crippen molar-refractivity contribution in [1.82, 2.24) is 0 Å². The lowest BCUT2D eigenvalue weighted by molar-refractivity contribution is -0.126. The molecule has 4 fully saturated rings. The third kappa shape index (κ3) is 4.08. The summed E-state index contributed by atoms with van der Waals surface area (Å²) in [6.45, 7) is 15.4. The van der Waals surface area contributed by atoms with Gasteiger partial charge in [-0.1, -0.05) is 66.5 Å². The van der Waals surface area contributed by atoms with Crippen molar-refractivity contribution >= 4 is 0 Å². The van der Waals surface area contributed by atoms with Crippen molar-refractivity contribution in [2.24, 2.45) is 64.1 Å². The van der Waals surface area contributed by atoms with E-state index in [2.05, 4.69) is 53.7 Å². The zero-order chi connectivity index (χ0) is 22.4. The van der Waals surface area contributed by atoms with Crippen molar-refractivity contribution in [1.29, 1.82) is 0 Å². The number of hydrogen-bond acceptors (Lipinski definition) is 1. The van der Waals surface area contributed by atoms with Gasteiger partial charge in [-0.05, 0) is 115 Å². The minimum atomic E-state index is 0.312. The highest BCUT2D eigenvalue weighted by molar-refractivity contribution is 5.11. The molecule has 4 saturated carbocycles. The maximum Gasteiger partial charge on any atom is 0.0436 e. The van der Waals surface area contributed by atoms with Crippen molar-refractivity contribution < 1.29 is 5.11 Å². The lowest BCUT2D eigenvalue weighted by Gasteiger charge is -2.62. The molecule has 0 aromatic rings. The number of fused-ring (bicyclic) bond motifs is 5. The van der Waals surface area contributed by atoms with Gasteiger partial charge in [0.15, 0.2) is 0 Å². The third-order valence-electron chi connectivity index (χ3n) is 11.7. The van der Waals surface area contributed by atoms with Crippen LogP contribution in [0.15, 0.2) is 12.2 Å². The van der Waals surface area contributed by atoms with Gasteiger partial charge in [-0.25, -0.2) is 0 Å². The molecule has 0 saturated heterocycles. The lowest BCUT2D eigenvalue weighted by atomic mass is 9.43. The second kappa shape index (κ2) is 9.15. The van der Waals surface area contributed by atoms with E-state index in [1.807, 2.05) is 0 Å². The summed E-state index contributed by atoms with van der Waals surface area (Å²) in [5, 5.41) is 9.45. The molecule has 0 aromatic heterocycles. The van der Waals surface area contributed by atoms with Crippen molar-refractivity contribution in [2.75, 3.05) is 6.61 Å². The fraction of sp³-hybridized carbons (Fsp3) is 0.933. The van der Waals surface area contributed by atoms with Crippen LogP contribution >= 0.6 is 0 Å². The van der Waals surface area contributed by atoms with Crippen LogP contribution in [0.25, 0.3) is 0 Å². The molecule has 1 heteroatoms. The molecular formula is C30H52O. The van der Waals surface area contributed by atoms with Crippen LogP contribution in [0.4, 0.5) is 0 Å². The first-order valence-electron chi connectivity index (χ1n) is 14.0. The molecule has 0 spiro atoms. The summed E-state index contributed by atoms with van der Waals surface area (Å²) in [5.41, 5.74) is 1.19. The molecule has 0 aliphatic heterocycles. The van der Waals surface area contributed by atoms with E-state index < -0.39 is 0 Å². The summed E-state index contributed by atoms with van der Waals surface area (Å²) in [5.74, 6) is 7.62. The van der Waals surface area contributed by atoms with Gasteiger partial charge in [0, 0.05) is 6.61 Å². The second-order valence-electron chi connectivity index (χ2n) is 13.3. The second-order valence-corrected chi connectivity index (χ2v) is 13.3. The predicted octanol–water partition coefficient (Wildman–Crippen LogP) is 8.13. The van der Waals surface area contributed by atoms with Crippen molar-refractivity contribution in [3.8, 4) is 0 Å². The van der Waals surface area contributed by atoms with Crippen LogP contribution < -0.4 is 0 Å². The molecule has 0 heterocycles. The summed E-state index contributed by atoms with van der Waals surface area (Å²) in [7, 11) is 0. The van der Waals surface area contributed by atoms with Crippen LogP contribution in [0.3, 0.4) is 0 Å². The molecule has 0 aromatic carbocycles. The van der Waals surface area contributed by atoms with Crippen LogP contribution in [0, 0.1) is 64.1 Å². The Balaban J connectivity index is 1.49. The first kappa shape index (κ1) is 23.8. The largest absolute Gasteiger partial charge is 0.396 e. The van der Waals surface area contributed by atoms with Crippen molar-refractivity contribution in [2.45, 2.75) is 106 Å². The maximum absolute atomic E-state index is 9.45. The number of aliphatic hydroxyl groups excluding tert-OH is 1. The van der Waals surface area contributed by atoms with E-state index in [-0.39, 0.29) is 0 Å².